The summed E-state index contributed by atoms with van der Waals surface area (Å²) in [5, 5.41) is 2.59. The number of ether oxygens (including phenoxy) is 3. The number of primary amides is 1. The molecule has 1 heterocycles. The highest BCUT2D eigenvalue weighted by molar-refractivity contribution is 6.23. The maximum atomic E-state index is 13.3. The average Bonchev–Trinajstić information content (AvgIpc) is 2.88. The second kappa shape index (κ2) is 14.2. The van der Waals surface area contributed by atoms with Gasteiger partial charge in [-0.3, -0.25) is 14.4 Å². The molecule has 6 atom stereocenters. The molecule has 9 nitrogen and oxygen atoms in total. The molecule has 1 aliphatic carbocycles. The molecule has 0 saturated carbocycles. The first-order valence-electron chi connectivity index (χ1n) is 13.2. The summed E-state index contributed by atoms with van der Waals surface area (Å²) in [6.07, 6.45) is 6.48. The van der Waals surface area contributed by atoms with Crippen molar-refractivity contribution in [2.75, 3.05) is 14.2 Å². The molecular weight excluding hydrogens is 500 g/mol. The summed E-state index contributed by atoms with van der Waals surface area (Å²) in [5.74, 6) is -1.05. The lowest BCUT2D eigenvalue weighted by Crippen LogP contribution is -2.35. The van der Waals surface area contributed by atoms with Crippen LogP contribution < -0.4 is 11.1 Å². The van der Waals surface area contributed by atoms with Gasteiger partial charge in [0.25, 0.3) is 5.91 Å². The standard InChI is InChI=1S/C30H42N2O7/c1-16-12-22-21(6)24(33)15-23(27(22)34)32-29(35)17(2)10-9-11-25(37-7)28(39-30(31)36)19(4)14-18(3)20(5)26(13-16)38-8/h9-11,14-16,18,20,25-26,28H,12-13H2,1-8H3,(H2,31,36)(H,32,35)/b11-9-,17-10+,19-14+/t16-,18+,20-,25+,26+,28+/m1/s1. The average molecular weight is 543 g/mol. The van der Waals surface area contributed by atoms with Gasteiger partial charge in [0, 0.05) is 37.0 Å². The number of allylic oxidation sites excluding steroid dienone is 6. The van der Waals surface area contributed by atoms with Crippen molar-refractivity contribution in [2.45, 2.75) is 72.7 Å². The van der Waals surface area contributed by atoms with E-state index >= 15 is 0 Å². The number of carbonyl (C=O) groups is 4. The smallest absolute Gasteiger partial charge is 0.405 e. The first-order chi connectivity index (χ1) is 18.3. The summed E-state index contributed by atoms with van der Waals surface area (Å²) in [6, 6.07) is 0. The molecule has 214 valence electrons. The number of carbonyl (C=O) groups excluding carboxylic acids is 4. The number of Topliss-reactive ketones (excluding diaryl/α,β-unsaturated/α-hetero) is 1. The van der Waals surface area contributed by atoms with Gasteiger partial charge in [-0.15, -0.1) is 0 Å². The van der Waals surface area contributed by atoms with Crippen molar-refractivity contribution in [1.82, 2.24) is 5.32 Å². The molecule has 0 fully saturated rings. The number of ketones is 2. The third-order valence-electron chi connectivity index (χ3n) is 7.56. The Morgan fingerprint density at radius 3 is 2.31 bits per heavy atom. The van der Waals surface area contributed by atoms with Crippen LogP contribution in [0.15, 0.2) is 58.4 Å². The van der Waals surface area contributed by atoms with Gasteiger partial charge in [0.15, 0.2) is 11.9 Å². The molecule has 39 heavy (non-hydrogen) atoms. The third-order valence-corrected chi connectivity index (χ3v) is 7.56. The molecular formula is C30H42N2O7. The molecule has 0 aromatic rings. The third kappa shape index (κ3) is 8.34. The maximum absolute atomic E-state index is 13.3. The molecule has 2 bridgehead atoms. The van der Waals surface area contributed by atoms with Crippen molar-refractivity contribution in [3.05, 3.63) is 58.4 Å². The summed E-state index contributed by atoms with van der Waals surface area (Å²) in [4.78, 5) is 50.5. The highest BCUT2D eigenvalue weighted by Gasteiger charge is 2.31. The number of amides is 2. The Morgan fingerprint density at radius 2 is 1.72 bits per heavy atom. The van der Waals surface area contributed by atoms with E-state index in [0.717, 1.165) is 5.57 Å². The summed E-state index contributed by atoms with van der Waals surface area (Å²) in [5.41, 5.74) is 7.19. The number of hydrogen-bond acceptors (Lipinski definition) is 7. The fraction of sp³-hybridized carbons (Fsp3) is 0.533. The Bertz CT molecular complexity index is 1130. The van der Waals surface area contributed by atoms with Crippen molar-refractivity contribution in [2.24, 2.45) is 23.5 Å². The number of methoxy groups -OCH3 is 2. The van der Waals surface area contributed by atoms with Gasteiger partial charge in [-0.2, -0.15) is 0 Å². The maximum Gasteiger partial charge on any atom is 0.405 e. The first kappa shape index (κ1) is 31.9. The van der Waals surface area contributed by atoms with E-state index in [4.69, 9.17) is 19.9 Å². The first-order valence-corrected chi connectivity index (χ1v) is 13.2. The van der Waals surface area contributed by atoms with Gasteiger partial charge in [-0.1, -0.05) is 45.1 Å². The number of rotatable bonds is 3. The van der Waals surface area contributed by atoms with Crippen molar-refractivity contribution in [3.63, 3.8) is 0 Å². The van der Waals surface area contributed by atoms with E-state index < -0.39 is 24.2 Å². The van der Waals surface area contributed by atoms with E-state index in [1.165, 1.54) is 13.2 Å². The van der Waals surface area contributed by atoms with E-state index in [2.05, 4.69) is 19.2 Å². The molecule has 9 heteroatoms. The van der Waals surface area contributed by atoms with Crippen LogP contribution in [0.3, 0.4) is 0 Å². The molecule has 0 unspecified atom stereocenters. The lowest BCUT2D eigenvalue weighted by atomic mass is 9.81. The Morgan fingerprint density at radius 1 is 1.05 bits per heavy atom. The predicted octanol–water partition coefficient (Wildman–Crippen LogP) is 4.10. The van der Waals surface area contributed by atoms with Gasteiger partial charge >= 0.3 is 6.09 Å². The fourth-order valence-corrected chi connectivity index (χ4v) is 4.93. The highest BCUT2D eigenvalue weighted by Crippen LogP contribution is 2.31. The monoisotopic (exact) mass is 542 g/mol. The Labute approximate surface area is 231 Å². The van der Waals surface area contributed by atoms with E-state index in [-0.39, 0.29) is 41.1 Å². The van der Waals surface area contributed by atoms with E-state index in [0.29, 0.717) is 29.6 Å². The number of fused-ring (bicyclic) bond motifs is 2. The molecule has 2 rings (SSSR count). The topological polar surface area (TPSA) is 134 Å². The van der Waals surface area contributed by atoms with Gasteiger partial charge in [0.1, 0.15) is 6.10 Å². The van der Waals surface area contributed by atoms with Crippen molar-refractivity contribution in [3.8, 4) is 0 Å². The van der Waals surface area contributed by atoms with E-state index in [9.17, 15) is 19.2 Å². The largest absolute Gasteiger partial charge is 0.439 e. The molecule has 1 aliphatic heterocycles. The van der Waals surface area contributed by atoms with Crippen molar-refractivity contribution < 1.29 is 33.4 Å². The molecule has 2 aliphatic rings. The lowest BCUT2D eigenvalue weighted by Gasteiger charge is -2.30. The van der Waals surface area contributed by atoms with Gasteiger partial charge in [-0.25, -0.2) is 4.79 Å². The summed E-state index contributed by atoms with van der Waals surface area (Å²) in [7, 11) is 3.14. The van der Waals surface area contributed by atoms with Crippen LogP contribution in [0.5, 0.6) is 0 Å². The van der Waals surface area contributed by atoms with Crippen LogP contribution in [0.2, 0.25) is 0 Å². The van der Waals surface area contributed by atoms with Gasteiger partial charge in [0.05, 0.1) is 11.8 Å². The zero-order valence-corrected chi connectivity index (χ0v) is 24.2. The Hall–Kier alpha value is -3.30. The van der Waals surface area contributed by atoms with Crippen LogP contribution in [-0.2, 0) is 28.6 Å². The van der Waals surface area contributed by atoms with Crippen LogP contribution in [0.1, 0.15) is 54.4 Å². The molecule has 0 spiro atoms. The minimum atomic E-state index is -0.930. The summed E-state index contributed by atoms with van der Waals surface area (Å²) in [6.45, 7) is 11.2. The van der Waals surface area contributed by atoms with Crippen LogP contribution in [0, 0.1) is 17.8 Å². The van der Waals surface area contributed by atoms with Crippen molar-refractivity contribution >= 4 is 23.6 Å². The Balaban J connectivity index is 2.58. The highest BCUT2D eigenvalue weighted by atomic mass is 16.6. The fourth-order valence-electron chi connectivity index (χ4n) is 4.93. The normalized spacial score (nSPS) is 33.3. The second-order valence-electron chi connectivity index (χ2n) is 10.5. The molecule has 0 radical (unpaired) electrons. The summed E-state index contributed by atoms with van der Waals surface area (Å²) < 4.78 is 16.9. The minimum Gasteiger partial charge on any atom is -0.439 e. The summed E-state index contributed by atoms with van der Waals surface area (Å²) >= 11 is 0. The van der Waals surface area contributed by atoms with Gasteiger partial charge < -0.3 is 25.3 Å². The van der Waals surface area contributed by atoms with Crippen LogP contribution >= 0.6 is 0 Å². The zero-order chi connectivity index (χ0) is 29.4. The van der Waals surface area contributed by atoms with Crippen LogP contribution in [0.25, 0.3) is 0 Å². The van der Waals surface area contributed by atoms with Gasteiger partial charge in [-0.05, 0) is 56.9 Å². The van der Waals surface area contributed by atoms with Gasteiger partial charge in [0.2, 0.25) is 5.78 Å². The van der Waals surface area contributed by atoms with Crippen LogP contribution in [-0.4, -0.2) is 56.1 Å². The molecule has 0 aromatic carbocycles. The number of hydrogen-bond donors (Lipinski definition) is 2. The lowest BCUT2D eigenvalue weighted by molar-refractivity contribution is -0.120. The molecule has 3 N–H and O–H groups in total. The Kier molecular flexibility index (Phi) is 11.6. The molecule has 0 aromatic heterocycles. The molecule has 2 amide bonds. The predicted molar refractivity (Wildman–Crippen MR) is 148 cm³/mol. The zero-order valence-electron chi connectivity index (χ0n) is 24.2. The van der Waals surface area contributed by atoms with E-state index in [1.54, 1.807) is 39.2 Å². The SMILES string of the molecule is CO[C@H]1/C=C\C=C(/C)C(=O)NC2=CC(=O)C(C)=C(C[C@@H](C)C[C@H](OC)[C@H](C)[C@@H](C)/C=C(\C)[C@@H]1OC(N)=O)C2=O. The van der Waals surface area contributed by atoms with Crippen LogP contribution in [0.4, 0.5) is 4.79 Å². The molecule has 0 saturated heterocycles. The minimum absolute atomic E-state index is 0.0168. The van der Waals surface area contributed by atoms with E-state index in [1.807, 2.05) is 19.9 Å². The number of nitrogens with one attached hydrogen (secondary N) is 1. The quantitative estimate of drug-likeness (QED) is 0.405. The number of nitrogens with two attached hydrogens (primary N) is 1. The van der Waals surface area contributed by atoms with Crippen molar-refractivity contribution in [1.29, 1.82) is 0 Å². The second-order valence-corrected chi connectivity index (χ2v) is 10.5.